The number of benzene rings is 1. The minimum Gasteiger partial charge on any atom is -0.488 e. The third-order valence-electron chi connectivity index (χ3n) is 3.31. The summed E-state index contributed by atoms with van der Waals surface area (Å²) < 4.78 is 5.63. The summed E-state index contributed by atoms with van der Waals surface area (Å²) in [6.07, 6.45) is 1.88. The molecule has 0 aromatic heterocycles. The highest BCUT2D eigenvalue weighted by Crippen LogP contribution is 2.36. The van der Waals surface area contributed by atoms with Crippen LogP contribution in [0.2, 0.25) is 0 Å². The average Bonchev–Trinajstić information content (AvgIpc) is 2.37. The first-order chi connectivity index (χ1) is 8.65. The van der Waals surface area contributed by atoms with Crippen LogP contribution in [0, 0.1) is 0 Å². The van der Waals surface area contributed by atoms with Crippen LogP contribution in [0.3, 0.4) is 0 Å². The number of nitrogens with two attached hydrogens (primary N) is 1. The van der Waals surface area contributed by atoms with Crippen molar-refractivity contribution in [1.29, 1.82) is 0 Å². The number of ether oxygens (including phenoxy) is 1. The average molecular weight is 250 g/mol. The van der Waals surface area contributed by atoms with Crippen molar-refractivity contribution in [1.82, 2.24) is 0 Å². The Morgan fingerprint density at radius 1 is 1.61 bits per heavy atom. The number of carbonyl (C=O) groups is 1. The van der Waals surface area contributed by atoms with E-state index in [4.69, 9.17) is 15.6 Å². The van der Waals surface area contributed by atoms with Gasteiger partial charge < -0.3 is 20.5 Å². The highest BCUT2D eigenvalue weighted by molar-refractivity contribution is 5.93. The topological polar surface area (TPSA) is 75.8 Å². The zero-order chi connectivity index (χ0) is 13.1. The maximum absolute atomic E-state index is 11.1. The zero-order valence-electron chi connectivity index (χ0n) is 10.4. The molecule has 5 nitrogen and oxygen atoms in total. The van der Waals surface area contributed by atoms with Crippen LogP contribution in [-0.4, -0.2) is 37.3 Å². The molecule has 1 heterocycles. The van der Waals surface area contributed by atoms with E-state index >= 15 is 0 Å². The van der Waals surface area contributed by atoms with E-state index in [2.05, 4.69) is 4.90 Å². The number of likely N-dealkylation sites (N-methyl/N-ethyl adjacent to an activating group) is 1. The van der Waals surface area contributed by atoms with Gasteiger partial charge in [-0.3, -0.25) is 0 Å². The molecular formula is C13H18N2O3. The van der Waals surface area contributed by atoms with Crippen LogP contribution < -0.4 is 15.4 Å². The van der Waals surface area contributed by atoms with Crippen molar-refractivity contribution in [3.63, 3.8) is 0 Å². The van der Waals surface area contributed by atoms with E-state index < -0.39 is 5.97 Å². The molecule has 0 bridgehead atoms. The molecule has 0 aliphatic carbocycles. The SMILES string of the molecule is CN1c2cccc(C(=O)O)c2OCC1CCCN. The van der Waals surface area contributed by atoms with Crippen LogP contribution in [0.15, 0.2) is 18.2 Å². The minimum atomic E-state index is -0.958. The monoisotopic (exact) mass is 250 g/mol. The van der Waals surface area contributed by atoms with Gasteiger partial charge in [-0.05, 0) is 31.5 Å². The summed E-state index contributed by atoms with van der Waals surface area (Å²) >= 11 is 0. The van der Waals surface area contributed by atoms with Gasteiger partial charge in [-0.1, -0.05) is 6.07 Å². The summed E-state index contributed by atoms with van der Waals surface area (Å²) in [6.45, 7) is 1.17. The molecule has 1 aromatic rings. The van der Waals surface area contributed by atoms with Crippen molar-refractivity contribution in [2.75, 3.05) is 25.1 Å². The van der Waals surface area contributed by atoms with Gasteiger partial charge in [0.2, 0.25) is 0 Å². The first kappa shape index (κ1) is 12.7. The molecule has 0 saturated carbocycles. The third kappa shape index (κ3) is 2.26. The van der Waals surface area contributed by atoms with Crippen LogP contribution in [-0.2, 0) is 0 Å². The first-order valence-corrected chi connectivity index (χ1v) is 6.07. The Morgan fingerprint density at radius 3 is 3.06 bits per heavy atom. The lowest BCUT2D eigenvalue weighted by atomic mass is 10.1. The molecule has 0 spiro atoms. The smallest absolute Gasteiger partial charge is 0.339 e. The molecule has 0 fully saturated rings. The fourth-order valence-electron chi connectivity index (χ4n) is 2.24. The predicted octanol–water partition coefficient (Wildman–Crippen LogP) is 1.32. The maximum Gasteiger partial charge on any atom is 0.339 e. The Hall–Kier alpha value is -1.75. The summed E-state index contributed by atoms with van der Waals surface area (Å²) in [5.74, 6) is -0.489. The summed E-state index contributed by atoms with van der Waals surface area (Å²) in [6, 6.07) is 5.45. The van der Waals surface area contributed by atoms with Crippen LogP contribution in [0.1, 0.15) is 23.2 Å². The van der Waals surface area contributed by atoms with E-state index in [0.29, 0.717) is 18.9 Å². The van der Waals surface area contributed by atoms with Crippen molar-refractivity contribution < 1.29 is 14.6 Å². The standard InChI is InChI=1S/C13H18N2O3/c1-15-9(4-3-7-14)8-18-12-10(13(16)17)5-2-6-11(12)15/h2,5-6,9H,3-4,7-8,14H2,1H3,(H,16,17). The predicted molar refractivity (Wildman–Crippen MR) is 69.4 cm³/mol. The second kappa shape index (κ2) is 5.27. The molecular weight excluding hydrogens is 232 g/mol. The second-order valence-corrected chi connectivity index (χ2v) is 4.47. The van der Waals surface area contributed by atoms with Gasteiger partial charge in [0.1, 0.15) is 12.2 Å². The highest BCUT2D eigenvalue weighted by Gasteiger charge is 2.27. The van der Waals surface area contributed by atoms with Gasteiger partial charge in [0, 0.05) is 7.05 Å². The lowest BCUT2D eigenvalue weighted by Gasteiger charge is -2.36. The number of hydrogen-bond acceptors (Lipinski definition) is 4. The number of para-hydroxylation sites is 1. The van der Waals surface area contributed by atoms with E-state index in [1.54, 1.807) is 12.1 Å². The highest BCUT2D eigenvalue weighted by atomic mass is 16.5. The van der Waals surface area contributed by atoms with Crippen molar-refractivity contribution in [2.24, 2.45) is 5.73 Å². The van der Waals surface area contributed by atoms with E-state index in [1.165, 1.54) is 0 Å². The van der Waals surface area contributed by atoms with Crippen molar-refractivity contribution in [3.8, 4) is 5.75 Å². The molecule has 0 saturated heterocycles. The van der Waals surface area contributed by atoms with E-state index in [9.17, 15) is 4.79 Å². The summed E-state index contributed by atoms with van der Waals surface area (Å²) in [7, 11) is 1.97. The van der Waals surface area contributed by atoms with Crippen LogP contribution in [0.4, 0.5) is 5.69 Å². The maximum atomic E-state index is 11.1. The van der Waals surface area contributed by atoms with Gasteiger partial charge in [0.25, 0.3) is 0 Å². The van der Waals surface area contributed by atoms with Gasteiger partial charge in [-0.25, -0.2) is 4.79 Å². The number of rotatable bonds is 4. The molecule has 5 heteroatoms. The van der Waals surface area contributed by atoms with Gasteiger partial charge >= 0.3 is 5.97 Å². The molecule has 3 N–H and O–H groups in total. The number of aromatic carboxylic acids is 1. The van der Waals surface area contributed by atoms with Gasteiger partial charge in [-0.2, -0.15) is 0 Å². The molecule has 1 aliphatic heterocycles. The summed E-state index contributed by atoms with van der Waals surface area (Å²) in [5, 5.41) is 9.12. The lowest BCUT2D eigenvalue weighted by molar-refractivity contribution is 0.0691. The van der Waals surface area contributed by atoms with Crippen molar-refractivity contribution >= 4 is 11.7 Å². The molecule has 0 radical (unpaired) electrons. The molecule has 0 amide bonds. The molecule has 2 rings (SSSR count). The number of carboxylic acids is 1. The Balaban J connectivity index is 2.27. The molecule has 18 heavy (non-hydrogen) atoms. The van der Waals surface area contributed by atoms with Gasteiger partial charge in [0.05, 0.1) is 11.7 Å². The lowest BCUT2D eigenvalue weighted by Crippen LogP contribution is -2.41. The number of hydrogen-bond donors (Lipinski definition) is 2. The number of fused-ring (bicyclic) bond motifs is 1. The zero-order valence-corrected chi connectivity index (χ0v) is 10.4. The molecule has 1 unspecified atom stereocenters. The van der Waals surface area contributed by atoms with Gasteiger partial charge in [-0.15, -0.1) is 0 Å². The first-order valence-electron chi connectivity index (χ1n) is 6.07. The number of carboxylic acid groups (broad SMARTS) is 1. The fourth-order valence-corrected chi connectivity index (χ4v) is 2.24. The Morgan fingerprint density at radius 2 is 2.39 bits per heavy atom. The summed E-state index contributed by atoms with van der Waals surface area (Å²) in [5.41, 5.74) is 6.57. The normalized spacial score (nSPS) is 18.1. The molecule has 1 aliphatic rings. The minimum absolute atomic E-state index is 0.219. The fraction of sp³-hybridized carbons (Fsp3) is 0.462. The summed E-state index contributed by atoms with van der Waals surface area (Å²) in [4.78, 5) is 13.2. The Labute approximate surface area is 106 Å². The van der Waals surface area contributed by atoms with E-state index in [-0.39, 0.29) is 11.6 Å². The van der Waals surface area contributed by atoms with Crippen LogP contribution in [0.5, 0.6) is 5.75 Å². The Kier molecular flexibility index (Phi) is 3.72. The molecule has 1 aromatic carbocycles. The van der Waals surface area contributed by atoms with Crippen molar-refractivity contribution in [3.05, 3.63) is 23.8 Å². The van der Waals surface area contributed by atoms with E-state index in [1.807, 2.05) is 13.1 Å². The molecule has 98 valence electrons. The van der Waals surface area contributed by atoms with E-state index in [0.717, 1.165) is 18.5 Å². The number of anilines is 1. The second-order valence-electron chi connectivity index (χ2n) is 4.47. The quantitative estimate of drug-likeness (QED) is 0.843. The molecule has 1 atom stereocenters. The Bertz CT molecular complexity index is 448. The van der Waals surface area contributed by atoms with Crippen molar-refractivity contribution in [2.45, 2.75) is 18.9 Å². The van der Waals surface area contributed by atoms with Gasteiger partial charge in [0.15, 0.2) is 5.75 Å². The third-order valence-corrected chi connectivity index (χ3v) is 3.31. The largest absolute Gasteiger partial charge is 0.488 e. The number of nitrogens with zero attached hydrogens (tertiary/aromatic N) is 1. The van der Waals surface area contributed by atoms with Crippen LogP contribution >= 0.6 is 0 Å². The van der Waals surface area contributed by atoms with Crippen LogP contribution in [0.25, 0.3) is 0 Å².